The van der Waals surface area contributed by atoms with Crippen molar-refractivity contribution >= 4 is 49.8 Å². The number of para-hydroxylation sites is 2. The molecule has 2 heterocycles. The van der Waals surface area contributed by atoms with E-state index in [1.165, 1.54) is 27.5 Å². The van der Waals surface area contributed by atoms with E-state index in [4.69, 9.17) is 9.15 Å². The predicted molar refractivity (Wildman–Crippen MR) is 202 cm³/mol. The second-order valence-corrected chi connectivity index (χ2v) is 12.5. The Morgan fingerprint density at radius 2 is 1.02 bits per heavy atom. The molecule has 0 saturated heterocycles. The minimum absolute atomic E-state index is 0.831. The maximum Gasteiger partial charge on any atom is 0.137 e. The fourth-order valence-electron chi connectivity index (χ4n) is 7.36. The number of fused-ring (bicyclic) bond motifs is 10. The van der Waals surface area contributed by atoms with Crippen LogP contribution in [0.3, 0.4) is 0 Å². The zero-order chi connectivity index (χ0) is 32.3. The van der Waals surface area contributed by atoms with Gasteiger partial charge in [-0.25, -0.2) is 0 Å². The van der Waals surface area contributed by atoms with Crippen LogP contribution in [0.15, 0.2) is 180 Å². The molecule has 3 nitrogen and oxygen atoms in total. The molecule has 0 N–H and O–H groups in total. The molecule has 3 heteroatoms. The first-order valence-corrected chi connectivity index (χ1v) is 16.6. The summed E-state index contributed by atoms with van der Waals surface area (Å²) < 4.78 is 13.1. The molecule has 0 spiro atoms. The highest BCUT2D eigenvalue weighted by Gasteiger charge is 2.24. The molecular formula is C46H29NO2. The van der Waals surface area contributed by atoms with Crippen molar-refractivity contribution in [1.29, 1.82) is 0 Å². The summed E-state index contributed by atoms with van der Waals surface area (Å²) in [5.74, 6) is 1.69. The highest BCUT2D eigenvalue weighted by atomic mass is 16.5. The Labute approximate surface area is 283 Å². The molecule has 1 aromatic heterocycles. The third-order valence-corrected chi connectivity index (χ3v) is 9.67. The summed E-state index contributed by atoms with van der Waals surface area (Å²) >= 11 is 0. The van der Waals surface area contributed by atoms with E-state index < -0.39 is 0 Å². The second-order valence-electron chi connectivity index (χ2n) is 12.5. The van der Waals surface area contributed by atoms with Gasteiger partial charge in [-0.2, -0.15) is 0 Å². The maximum absolute atomic E-state index is 6.70. The van der Waals surface area contributed by atoms with Crippen LogP contribution in [0.5, 0.6) is 11.5 Å². The molecule has 0 amide bonds. The number of furan rings is 1. The molecule has 230 valence electrons. The second kappa shape index (κ2) is 11.0. The van der Waals surface area contributed by atoms with Crippen LogP contribution in [-0.4, -0.2) is 0 Å². The van der Waals surface area contributed by atoms with Gasteiger partial charge in [-0.3, -0.25) is 0 Å². The molecule has 0 aliphatic carbocycles. The molecule has 0 saturated carbocycles. The van der Waals surface area contributed by atoms with Crippen molar-refractivity contribution in [3.63, 3.8) is 0 Å². The Morgan fingerprint density at radius 1 is 0.367 bits per heavy atom. The monoisotopic (exact) mass is 627 g/mol. The predicted octanol–water partition coefficient (Wildman–Crippen LogP) is 13.3. The number of benzene rings is 8. The van der Waals surface area contributed by atoms with Crippen LogP contribution in [-0.2, 0) is 0 Å². The third kappa shape index (κ3) is 4.51. The topological polar surface area (TPSA) is 25.6 Å². The molecule has 0 bridgehead atoms. The van der Waals surface area contributed by atoms with Crippen molar-refractivity contribution in [2.75, 3.05) is 4.90 Å². The van der Waals surface area contributed by atoms with E-state index in [1.807, 2.05) is 18.2 Å². The minimum atomic E-state index is 0.831. The van der Waals surface area contributed by atoms with Gasteiger partial charge in [0, 0.05) is 50.6 Å². The van der Waals surface area contributed by atoms with E-state index >= 15 is 0 Å². The maximum atomic E-state index is 6.70. The number of hydrogen-bond acceptors (Lipinski definition) is 3. The Balaban J connectivity index is 1.19. The van der Waals surface area contributed by atoms with Gasteiger partial charge in [0.25, 0.3) is 0 Å². The normalized spacial score (nSPS) is 11.8. The van der Waals surface area contributed by atoms with Gasteiger partial charge in [0.05, 0.1) is 0 Å². The third-order valence-electron chi connectivity index (χ3n) is 9.67. The van der Waals surface area contributed by atoms with E-state index in [0.717, 1.165) is 67.2 Å². The van der Waals surface area contributed by atoms with Crippen molar-refractivity contribution < 1.29 is 9.15 Å². The summed E-state index contributed by atoms with van der Waals surface area (Å²) in [4.78, 5) is 2.31. The summed E-state index contributed by atoms with van der Waals surface area (Å²) in [6.07, 6.45) is 0. The average Bonchev–Trinajstić information content (AvgIpc) is 3.47. The van der Waals surface area contributed by atoms with E-state index in [9.17, 15) is 0 Å². The lowest BCUT2D eigenvalue weighted by Gasteiger charge is -2.27. The van der Waals surface area contributed by atoms with Gasteiger partial charge in [0.1, 0.15) is 22.7 Å². The lowest BCUT2D eigenvalue weighted by Crippen LogP contribution is -2.10. The van der Waals surface area contributed by atoms with Crippen LogP contribution >= 0.6 is 0 Å². The number of ether oxygens (including phenoxy) is 1. The quantitative estimate of drug-likeness (QED) is 0.194. The molecule has 1 aliphatic heterocycles. The number of nitrogens with zero attached hydrogens (tertiary/aromatic N) is 1. The van der Waals surface area contributed by atoms with Crippen molar-refractivity contribution in [1.82, 2.24) is 0 Å². The SMILES string of the molecule is c1ccc(-c2ccc(N(c3ccc4c(c3)-c3ccc5ccccc5c3-c3ccccc3O4)c3ccc4c(c3)oc3ccccc34)cc2)cc1. The number of hydrogen-bond donors (Lipinski definition) is 0. The summed E-state index contributed by atoms with van der Waals surface area (Å²) in [6.45, 7) is 0. The molecule has 1 aliphatic rings. The first-order valence-electron chi connectivity index (χ1n) is 16.6. The van der Waals surface area contributed by atoms with Crippen molar-refractivity contribution in [3.05, 3.63) is 176 Å². The highest BCUT2D eigenvalue weighted by molar-refractivity contribution is 6.08. The van der Waals surface area contributed by atoms with Crippen LogP contribution in [0.1, 0.15) is 0 Å². The lowest BCUT2D eigenvalue weighted by molar-refractivity contribution is 0.488. The van der Waals surface area contributed by atoms with Gasteiger partial charge < -0.3 is 14.1 Å². The molecule has 10 rings (SSSR count). The van der Waals surface area contributed by atoms with Gasteiger partial charge >= 0.3 is 0 Å². The fraction of sp³-hybridized carbons (Fsp3) is 0. The van der Waals surface area contributed by atoms with E-state index in [0.29, 0.717) is 0 Å². The van der Waals surface area contributed by atoms with Crippen LogP contribution < -0.4 is 9.64 Å². The summed E-state index contributed by atoms with van der Waals surface area (Å²) in [5.41, 5.74) is 11.7. The van der Waals surface area contributed by atoms with Crippen LogP contribution in [0.4, 0.5) is 17.1 Å². The molecule has 8 aromatic carbocycles. The van der Waals surface area contributed by atoms with Crippen molar-refractivity contribution in [2.45, 2.75) is 0 Å². The fourth-order valence-corrected chi connectivity index (χ4v) is 7.36. The Morgan fingerprint density at radius 3 is 1.92 bits per heavy atom. The van der Waals surface area contributed by atoms with Crippen LogP contribution in [0.2, 0.25) is 0 Å². The Hall–Kier alpha value is -6.58. The van der Waals surface area contributed by atoms with E-state index in [2.05, 4.69) is 163 Å². The van der Waals surface area contributed by atoms with Gasteiger partial charge in [-0.1, -0.05) is 115 Å². The Bertz CT molecular complexity index is 2690. The van der Waals surface area contributed by atoms with Crippen molar-refractivity contribution in [2.24, 2.45) is 0 Å². The Kier molecular flexibility index (Phi) is 6.18. The standard InChI is InChI=1S/C46H29NO2/c1-2-10-30(11-3-1)31-18-21-33(22-19-31)47(35-23-26-38-37-14-6-8-16-42(37)49-45(38)29-35)34-24-27-44-41(28-34)39-25-20-32-12-4-5-13-36(32)46(39)40-15-7-9-17-43(40)48-44/h1-29H. The van der Waals surface area contributed by atoms with Crippen LogP contribution in [0.25, 0.3) is 66.1 Å². The molecule has 9 aromatic rings. The summed E-state index contributed by atoms with van der Waals surface area (Å²) in [5, 5.41) is 4.63. The molecule has 0 atom stereocenters. The molecule has 0 fully saturated rings. The largest absolute Gasteiger partial charge is 0.456 e. The smallest absolute Gasteiger partial charge is 0.137 e. The summed E-state index contributed by atoms with van der Waals surface area (Å²) in [6, 6.07) is 62.0. The minimum Gasteiger partial charge on any atom is -0.456 e. The van der Waals surface area contributed by atoms with Gasteiger partial charge in [-0.05, 0) is 82.1 Å². The molecule has 49 heavy (non-hydrogen) atoms. The highest BCUT2D eigenvalue weighted by Crippen LogP contribution is 2.51. The van der Waals surface area contributed by atoms with E-state index in [-0.39, 0.29) is 0 Å². The molecule has 0 unspecified atom stereocenters. The molecular weight excluding hydrogens is 599 g/mol. The average molecular weight is 628 g/mol. The van der Waals surface area contributed by atoms with Crippen molar-refractivity contribution in [3.8, 4) is 44.9 Å². The molecule has 0 radical (unpaired) electrons. The van der Waals surface area contributed by atoms with Gasteiger partial charge in [0.15, 0.2) is 0 Å². The van der Waals surface area contributed by atoms with E-state index in [1.54, 1.807) is 0 Å². The first kappa shape index (κ1) is 27.5. The lowest BCUT2D eigenvalue weighted by atomic mass is 9.89. The summed E-state index contributed by atoms with van der Waals surface area (Å²) in [7, 11) is 0. The van der Waals surface area contributed by atoms with Gasteiger partial charge in [0.2, 0.25) is 0 Å². The number of rotatable bonds is 4. The zero-order valence-electron chi connectivity index (χ0n) is 26.5. The first-order chi connectivity index (χ1) is 24.3. The van der Waals surface area contributed by atoms with Gasteiger partial charge in [-0.15, -0.1) is 0 Å². The number of anilines is 3. The zero-order valence-corrected chi connectivity index (χ0v) is 26.5. The van der Waals surface area contributed by atoms with Crippen LogP contribution in [0, 0.1) is 0 Å².